The summed E-state index contributed by atoms with van der Waals surface area (Å²) in [6.45, 7) is 10.3. The second-order valence-corrected chi connectivity index (χ2v) is 14.4. The molecule has 0 unspecified atom stereocenters. The summed E-state index contributed by atoms with van der Waals surface area (Å²) >= 11 is 0. The maximum atomic E-state index is 14.5. The zero-order chi connectivity index (χ0) is 38.9. The van der Waals surface area contributed by atoms with Crippen molar-refractivity contribution in [1.82, 2.24) is 4.90 Å². The first-order valence-electron chi connectivity index (χ1n) is 18.7. The monoisotopic (exact) mass is 739 g/mol. The van der Waals surface area contributed by atoms with Crippen molar-refractivity contribution in [3.8, 4) is 0 Å². The number of carbonyl (C=O) groups excluding carboxylic acids is 1. The molecule has 0 saturated heterocycles. The van der Waals surface area contributed by atoms with Crippen molar-refractivity contribution in [2.24, 2.45) is 0 Å². The van der Waals surface area contributed by atoms with E-state index in [1.165, 1.54) is 6.08 Å². The second-order valence-electron chi connectivity index (χ2n) is 14.4. The number of hydrogen-bond donors (Lipinski definition) is 1. The number of aliphatic hydroxyl groups excluding tert-OH is 1. The van der Waals surface area contributed by atoms with Crippen LogP contribution in [0.1, 0.15) is 48.6 Å². The van der Waals surface area contributed by atoms with Gasteiger partial charge in [0.05, 0.1) is 25.9 Å². The summed E-state index contributed by atoms with van der Waals surface area (Å²) in [7, 11) is 0. The Hall–Kier alpha value is -5.31. The molecule has 286 valence electrons. The second kappa shape index (κ2) is 21.0. The summed E-state index contributed by atoms with van der Waals surface area (Å²) in [5.41, 5.74) is 3.82. The summed E-state index contributed by atoms with van der Waals surface area (Å²) in [5, 5.41) is 11.7. The molecule has 0 aliphatic rings. The van der Waals surface area contributed by atoms with Gasteiger partial charge in [-0.3, -0.25) is 4.90 Å². The Morgan fingerprint density at radius 1 is 0.618 bits per heavy atom. The first-order valence-corrected chi connectivity index (χ1v) is 18.7. The van der Waals surface area contributed by atoms with Crippen LogP contribution >= 0.6 is 0 Å². The van der Waals surface area contributed by atoms with Gasteiger partial charge in [-0.1, -0.05) is 170 Å². The Kier molecular flexibility index (Phi) is 15.6. The topological polar surface area (TPSA) is 77.5 Å². The number of nitrogens with zero attached hydrogens (tertiary/aromatic N) is 1. The van der Waals surface area contributed by atoms with Gasteiger partial charge in [0.25, 0.3) is 0 Å². The lowest BCUT2D eigenvalue weighted by atomic mass is 9.94. The van der Waals surface area contributed by atoms with Crippen LogP contribution < -0.4 is 0 Å². The largest absolute Gasteiger partial charge is 0.444 e. The Morgan fingerprint density at radius 3 is 1.45 bits per heavy atom. The number of ether oxygens (including phenoxy) is 4. The average Bonchev–Trinajstić information content (AvgIpc) is 3.21. The predicted octanol–water partition coefficient (Wildman–Crippen LogP) is 9.81. The fourth-order valence-electron chi connectivity index (χ4n) is 6.14. The molecule has 0 aliphatic heterocycles. The number of rotatable bonds is 19. The zero-order valence-electron chi connectivity index (χ0n) is 32.0. The molecule has 55 heavy (non-hydrogen) atoms. The van der Waals surface area contributed by atoms with Crippen molar-refractivity contribution < 1.29 is 28.8 Å². The van der Waals surface area contributed by atoms with Gasteiger partial charge in [0.15, 0.2) is 0 Å². The van der Waals surface area contributed by atoms with E-state index in [1.807, 2.05) is 185 Å². The van der Waals surface area contributed by atoms with Gasteiger partial charge < -0.3 is 24.1 Å². The van der Waals surface area contributed by atoms with E-state index < -0.39 is 42.2 Å². The van der Waals surface area contributed by atoms with E-state index in [4.69, 9.17) is 18.9 Å². The van der Waals surface area contributed by atoms with Crippen molar-refractivity contribution >= 4 is 12.2 Å². The zero-order valence-corrected chi connectivity index (χ0v) is 32.0. The van der Waals surface area contributed by atoms with Crippen LogP contribution in [0.25, 0.3) is 6.08 Å². The molecule has 0 radical (unpaired) electrons. The molecule has 0 aromatic heterocycles. The Labute approximate surface area is 326 Å². The summed E-state index contributed by atoms with van der Waals surface area (Å²) in [6, 6.07) is 48.3. The molecule has 7 nitrogen and oxygen atoms in total. The van der Waals surface area contributed by atoms with Gasteiger partial charge in [-0.15, -0.1) is 6.58 Å². The van der Waals surface area contributed by atoms with Crippen LogP contribution in [-0.4, -0.2) is 52.2 Å². The van der Waals surface area contributed by atoms with E-state index in [0.717, 1.165) is 27.8 Å². The smallest absolute Gasteiger partial charge is 0.411 e. The first kappa shape index (κ1) is 40.9. The minimum Gasteiger partial charge on any atom is -0.444 e. The fourth-order valence-corrected chi connectivity index (χ4v) is 6.14. The summed E-state index contributed by atoms with van der Waals surface area (Å²) in [4.78, 5) is 16.2. The molecule has 0 heterocycles. The molecule has 7 heteroatoms. The molecule has 5 aromatic rings. The van der Waals surface area contributed by atoms with Gasteiger partial charge >= 0.3 is 6.09 Å². The normalized spacial score (nSPS) is 14.4. The van der Waals surface area contributed by atoms with E-state index in [9.17, 15) is 9.90 Å². The number of aliphatic hydroxyl groups is 1. The highest BCUT2D eigenvalue weighted by Gasteiger charge is 2.43. The van der Waals surface area contributed by atoms with Crippen LogP contribution in [0.2, 0.25) is 0 Å². The maximum Gasteiger partial charge on any atom is 0.411 e. The summed E-state index contributed by atoms with van der Waals surface area (Å²) in [5.74, 6) is 0. The molecular formula is C48H53NO6. The van der Waals surface area contributed by atoms with Crippen LogP contribution in [0.5, 0.6) is 0 Å². The maximum absolute atomic E-state index is 14.5. The highest BCUT2D eigenvalue weighted by molar-refractivity contribution is 5.69. The molecule has 0 aliphatic carbocycles. The molecular weight excluding hydrogens is 687 g/mol. The number of amides is 1. The van der Waals surface area contributed by atoms with E-state index in [1.54, 1.807) is 4.90 Å². The van der Waals surface area contributed by atoms with Gasteiger partial charge in [-0.25, -0.2) is 4.79 Å². The third kappa shape index (κ3) is 13.2. The van der Waals surface area contributed by atoms with Crippen molar-refractivity contribution in [2.45, 2.75) is 83.2 Å². The molecule has 5 aromatic carbocycles. The molecule has 5 atom stereocenters. The van der Waals surface area contributed by atoms with Crippen molar-refractivity contribution in [1.29, 1.82) is 0 Å². The van der Waals surface area contributed by atoms with Gasteiger partial charge in [0.1, 0.15) is 30.0 Å². The lowest BCUT2D eigenvalue weighted by molar-refractivity contribution is -0.182. The highest BCUT2D eigenvalue weighted by Crippen LogP contribution is 2.29. The quantitative estimate of drug-likeness (QED) is 0.0851. The van der Waals surface area contributed by atoms with E-state index in [0.29, 0.717) is 0 Å². The van der Waals surface area contributed by atoms with Crippen LogP contribution in [0, 0.1) is 0 Å². The molecule has 1 amide bonds. The van der Waals surface area contributed by atoms with Crippen LogP contribution in [-0.2, 0) is 45.3 Å². The lowest BCUT2D eigenvalue weighted by Crippen LogP contribution is -2.57. The Bertz CT molecular complexity index is 1860. The predicted molar refractivity (Wildman–Crippen MR) is 219 cm³/mol. The molecule has 5 rings (SSSR count). The highest BCUT2D eigenvalue weighted by atomic mass is 16.6. The average molecular weight is 740 g/mol. The molecule has 0 spiro atoms. The van der Waals surface area contributed by atoms with Crippen LogP contribution in [0.3, 0.4) is 0 Å². The Balaban J connectivity index is 1.69. The van der Waals surface area contributed by atoms with Gasteiger partial charge in [0, 0.05) is 6.54 Å². The third-order valence-corrected chi connectivity index (χ3v) is 8.89. The number of benzene rings is 5. The molecule has 1 N–H and O–H groups in total. The van der Waals surface area contributed by atoms with Crippen LogP contribution in [0.4, 0.5) is 4.79 Å². The number of carbonyl (C=O) groups is 1. The van der Waals surface area contributed by atoms with Crippen molar-refractivity contribution in [2.75, 3.05) is 0 Å². The Morgan fingerprint density at radius 2 is 1.02 bits per heavy atom. The van der Waals surface area contributed by atoms with E-state index in [2.05, 4.69) is 6.58 Å². The minimum absolute atomic E-state index is 0.187. The summed E-state index contributed by atoms with van der Waals surface area (Å²) in [6.07, 6.45) is 0.896. The molecule has 0 saturated carbocycles. The van der Waals surface area contributed by atoms with E-state index in [-0.39, 0.29) is 26.4 Å². The van der Waals surface area contributed by atoms with Crippen molar-refractivity contribution in [3.63, 3.8) is 0 Å². The summed E-state index contributed by atoms with van der Waals surface area (Å²) < 4.78 is 26.7. The van der Waals surface area contributed by atoms with Gasteiger partial charge in [-0.05, 0) is 48.6 Å². The third-order valence-electron chi connectivity index (χ3n) is 8.89. The SMILES string of the molecule is C=C[C@H](O)[C@@H](OCc1ccccc1)[C@H](OCc1ccccc1)[C@H](OCc1ccccc1)[C@@H](/C=C/c1ccccc1)N(Cc1ccccc1)C(=O)OC(C)(C)C. The van der Waals surface area contributed by atoms with Gasteiger partial charge in [0.2, 0.25) is 0 Å². The van der Waals surface area contributed by atoms with E-state index >= 15 is 0 Å². The van der Waals surface area contributed by atoms with Gasteiger partial charge in [-0.2, -0.15) is 0 Å². The number of hydrogen-bond acceptors (Lipinski definition) is 6. The lowest BCUT2D eigenvalue weighted by Gasteiger charge is -2.42. The molecule has 0 bridgehead atoms. The standard InChI is InChI=1S/C48H53NO6/c1-5-43(50)45(53-35-40-27-17-9-18-28-40)46(54-36-41-29-19-10-20-30-41)44(52-34-39-25-15-8-16-26-39)42(32-31-37-21-11-6-12-22-37)49(47(51)55-48(2,3)4)33-38-23-13-7-14-24-38/h5-32,42-46,50H,1,33-36H2,2-4H3/b32-31+/t42-,43+,44-,45-,46-/m1/s1. The minimum atomic E-state index is -1.16. The fraction of sp³-hybridized carbons (Fsp3) is 0.271. The van der Waals surface area contributed by atoms with Crippen LogP contribution in [0.15, 0.2) is 170 Å². The first-order chi connectivity index (χ1) is 26.7. The molecule has 0 fully saturated rings. The van der Waals surface area contributed by atoms with Crippen molar-refractivity contribution in [3.05, 3.63) is 198 Å².